The van der Waals surface area contributed by atoms with Gasteiger partial charge in [0.1, 0.15) is 17.6 Å². The van der Waals surface area contributed by atoms with E-state index in [9.17, 15) is 18.8 Å². The zero-order valence-corrected chi connectivity index (χ0v) is 15.9. The molecule has 3 aliphatic rings. The summed E-state index contributed by atoms with van der Waals surface area (Å²) in [6.45, 7) is 3.90. The van der Waals surface area contributed by atoms with Crippen molar-refractivity contribution in [1.29, 1.82) is 0 Å². The summed E-state index contributed by atoms with van der Waals surface area (Å²) in [6, 6.07) is 5.05. The van der Waals surface area contributed by atoms with Gasteiger partial charge in [-0.15, -0.1) is 0 Å². The second-order valence-electron chi connectivity index (χ2n) is 7.84. The number of imide groups is 1. The van der Waals surface area contributed by atoms with Gasteiger partial charge in [0.2, 0.25) is 0 Å². The highest BCUT2D eigenvalue weighted by atomic mass is 19.1. The summed E-state index contributed by atoms with van der Waals surface area (Å²) in [5.41, 5.74) is -0.0790. The fourth-order valence-corrected chi connectivity index (χ4v) is 4.56. The van der Waals surface area contributed by atoms with Gasteiger partial charge < -0.3 is 14.5 Å². The number of piperidine rings is 1. The van der Waals surface area contributed by atoms with Crippen LogP contribution in [0.3, 0.4) is 0 Å². The van der Waals surface area contributed by atoms with Crippen LogP contribution in [0, 0.1) is 11.2 Å². The fraction of sp³-hybridized carbons (Fsp3) is 0.550. The number of likely N-dealkylation sites (N-methyl/N-ethyl adjacent to an activating group) is 1. The minimum Gasteiger partial charge on any atom is -0.484 e. The van der Waals surface area contributed by atoms with E-state index in [2.05, 4.69) is 0 Å². The molecule has 1 spiro atoms. The van der Waals surface area contributed by atoms with Crippen LogP contribution in [0.25, 0.3) is 0 Å². The highest BCUT2D eigenvalue weighted by Gasteiger charge is 2.56. The molecular weight excluding hydrogens is 365 g/mol. The van der Waals surface area contributed by atoms with Crippen molar-refractivity contribution < 1.29 is 23.5 Å². The lowest BCUT2D eigenvalue weighted by molar-refractivity contribution is -0.136. The molecule has 0 aliphatic carbocycles. The standard InChI is InChI=1S/C20H24FN3O4/c1-2-23-18(26)16-11-20(13-24(16)19(23)27)7-9-22(10-8-20)17(25)12-28-15-5-3-14(21)4-6-15/h3-6,16H,2,7-13H2,1H3. The summed E-state index contributed by atoms with van der Waals surface area (Å²) in [4.78, 5) is 42.0. The normalized spacial score (nSPS) is 23.5. The van der Waals surface area contributed by atoms with Crippen molar-refractivity contribution in [3.63, 3.8) is 0 Å². The number of fused-ring (bicyclic) bond motifs is 1. The Morgan fingerprint density at radius 2 is 1.89 bits per heavy atom. The lowest BCUT2D eigenvalue weighted by Gasteiger charge is -2.39. The van der Waals surface area contributed by atoms with Crippen LogP contribution >= 0.6 is 0 Å². The Hall–Kier alpha value is -2.64. The van der Waals surface area contributed by atoms with Crippen LogP contribution in [-0.4, -0.2) is 71.4 Å². The van der Waals surface area contributed by atoms with Crippen molar-refractivity contribution >= 4 is 17.8 Å². The monoisotopic (exact) mass is 389 g/mol. The average molecular weight is 389 g/mol. The van der Waals surface area contributed by atoms with Crippen molar-refractivity contribution in [3.8, 4) is 5.75 Å². The van der Waals surface area contributed by atoms with E-state index in [-0.39, 0.29) is 41.7 Å². The molecule has 1 atom stereocenters. The van der Waals surface area contributed by atoms with E-state index >= 15 is 0 Å². The molecule has 0 saturated carbocycles. The van der Waals surface area contributed by atoms with Gasteiger partial charge in [-0.2, -0.15) is 0 Å². The SMILES string of the molecule is CCN1C(=O)C2CC3(CCN(C(=O)COc4ccc(F)cc4)CC3)CN2C1=O. The maximum absolute atomic E-state index is 12.9. The number of urea groups is 1. The van der Waals surface area contributed by atoms with E-state index in [4.69, 9.17) is 4.74 Å². The summed E-state index contributed by atoms with van der Waals surface area (Å²) in [5, 5.41) is 0. The zero-order chi connectivity index (χ0) is 19.9. The van der Waals surface area contributed by atoms with Crippen LogP contribution in [0.4, 0.5) is 9.18 Å². The highest BCUT2D eigenvalue weighted by molar-refractivity contribution is 6.04. The van der Waals surface area contributed by atoms with E-state index in [1.54, 1.807) is 9.80 Å². The van der Waals surface area contributed by atoms with Crippen molar-refractivity contribution in [1.82, 2.24) is 14.7 Å². The minimum absolute atomic E-state index is 0.0790. The predicted octanol–water partition coefficient (Wildman–Crippen LogP) is 1.87. The quantitative estimate of drug-likeness (QED) is 0.738. The molecule has 8 heteroatoms. The number of benzene rings is 1. The molecule has 150 valence electrons. The number of amides is 4. The molecule has 3 fully saturated rings. The van der Waals surface area contributed by atoms with Crippen LogP contribution in [0.1, 0.15) is 26.2 Å². The Morgan fingerprint density at radius 1 is 1.21 bits per heavy atom. The largest absolute Gasteiger partial charge is 0.484 e. The fourth-order valence-electron chi connectivity index (χ4n) is 4.56. The summed E-state index contributed by atoms with van der Waals surface area (Å²) in [6.07, 6.45) is 2.23. The number of rotatable bonds is 4. The van der Waals surface area contributed by atoms with Gasteiger partial charge >= 0.3 is 6.03 Å². The molecule has 3 heterocycles. The molecule has 28 heavy (non-hydrogen) atoms. The van der Waals surface area contributed by atoms with Crippen LogP contribution in [0.15, 0.2) is 24.3 Å². The van der Waals surface area contributed by atoms with Gasteiger partial charge in [0, 0.05) is 26.2 Å². The maximum atomic E-state index is 12.9. The predicted molar refractivity (Wildman–Crippen MR) is 98.0 cm³/mol. The number of ether oxygens (including phenoxy) is 1. The lowest BCUT2D eigenvalue weighted by atomic mass is 9.76. The highest BCUT2D eigenvalue weighted by Crippen LogP contribution is 2.46. The first kappa shape index (κ1) is 18.7. The second kappa shape index (κ2) is 7.07. The molecule has 4 amide bonds. The Labute approximate surface area is 163 Å². The maximum Gasteiger partial charge on any atom is 0.327 e. The van der Waals surface area contributed by atoms with E-state index in [1.165, 1.54) is 29.2 Å². The van der Waals surface area contributed by atoms with Gasteiger partial charge in [0.05, 0.1) is 0 Å². The molecule has 1 aromatic rings. The van der Waals surface area contributed by atoms with Gasteiger partial charge in [0.15, 0.2) is 6.61 Å². The van der Waals surface area contributed by atoms with Crippen LogP contribution < -0.4 is 4.74 Å². The smallest absolute Gasteiger partial charge is 0.327 e. The summed E-state index contributed by atoms with van der Waals surface area (Å²) >= 11 is 0. The molecule has 3 aliphatic heterocycles. The number of nitrogens with zero attached hydrogens (tertiary/aromatic N) is 3. The van der Waals surface area contributed by atoms with Crippen molar-refractivity contribution in [2.45, 2.75) is 32.2 Å². The number of halogens is 1. The number of carbonyl (C=O) groups is 3. The number of carbonyl (C=O) groups excluding carboxylic acids is 3. The topological polar surface area (TPSA) is 70.2 Å². The Balaban J connectivity index is 1.30. The first-order valence-corrected chi connectivity index (χ1v) is 9.70. The molecule has 0 bridgehead atoms. The summed E-state index contributed by atoms with van der Waals surface area (Å²) in [7, 11) is 0. The van der Waals surface area contributed by atoms with E-state index in [0.717, 1.165) is 12.8 Å². The molecule has 7 nitrogen and oxygen atoms in total. The molecule has 0 N–H and O–H groups in total. The van der Waals surface area contributed by atoms with Gasteiger partial charge in [-0.3, -0.25) is 14.5 Å². The van der Waals surface area contributed by atoms with Crippen molar-refractivity contribution in [2.75, 3.05) is 32.8 Å². The third kappa shape index (κ3) is 3.21. The molecule has 0 aromatic heterocycles. The van der Waals surface area contributed by atoms with E-state index in [1.807, 2.05) is 6.92 Å². The Morgan fingerprint density at radius 3 is 2.50 bits per heavy atom. The average Bonchev–Trinajstić information content (AvgIpc) is 3.16. The zero-order valence-electron chi connectivity index (χ0n) is 15.9. The number of likely N-dealkylation sites (tertiary alicyclic amines) is 1. The Kier molecular flexibility index (Phi) is 4.72. The molecule has 3 saturated heterocycles. The second-order valence-corrected chi connectivity index (χ2v) is 7.84. The van der Waals surface area contributed by atoms with Crippen LogP contribution in [0.2, 0.25) is 0 Å². The first-order valence-electron chi connectivity index (χ1n) is 9.70. The van der Waals surface area contributed by atoms with Gasteiger partial charge in [-0.1, -0.05) is 0 Å². The summed E-state index contributed by atoms with van der Waals surface area (Å²) in [5.74, 6) is -0.0918. The third-order valence-electron chi connectivity index (χ3n) is 6.21. The van der Waals surface area contributed by atoms with E-state index < -0.39 is 0 Å². The molecular formula is C20H24FN3O4. The minimum atomic E-state index is -0.351. The first-order chi connectivity index (χ1) is 13.4. The van der Waals surface area contributed by atoms with Crippen LogP contribution in [-0.2, 0) is 9.59 Å². The molecule has 4 rings (SSSR count). The lowest BCUT2D eigenvalue weighted by Crippen LogP contribution is -2.47. The third-order valence-corrected chi connectivity index (χ3v) is 6.21. The number of hydrogen-bond acceptors (Lipinski definition) is 4. The Bertz CT molecular complexity index is 763. The van der Waals surface area contributed by atoms with Gasteiger partial charge in [-0.25, -0.2) is 9.18 Å². The summed E-state index contributed by atoms with van der Waals surface area (Å²) < 4.78 is 18.4. The molecule has 1 unspecified atom stereocenters. The van der Waals surface area contributed by atoms with Gasteiger partial charge in [0.25, 0.3) is 11.8 Å². The molecule has 1 aromatic carbocycles. The van der Waals surface area contributed by atoms with Gasteiger partial charge in [-0.05, 0) is 55.9 Å². The van der Waals surface area contributed by atoms with Crippen molar-refractivity contribution in [3.05, 3.63) is 30.1 Å². The number of hydrogen-bond donors (Lipinski definition) is 0. The van der Waals surface area contributed by atoms with E-state index in [0.29, 0.717) is 38.3 Å². The van der Waals surface area contributed by atoms with Crippen LogP contribution in [0.5, 0.6) is 5.75 Å². The molecule has 0 radical (unpaired) electrons. The van der Waals surface area contributed by atoms with Crippen molar-refractivity contribution in [2.24, 2.45) is 5.41 Å².